The molecule has 1 fully saturated rings. The lowest BCUT2D eigenvalue weighted by atomic mass is 9.84. The molecule has 0 radical (unpaired) electrons. The lowest BCUT2D eigenvalue weighted by Gasteiger charge is -2.32. The minimum atomic E-state index is -0.529. The quantitative estimate of drug-likeness (QED) is 0.672. The van der Waals surface area contributed by atoms with Crippen molar-refractivity contribution in [1.82, 2.24) is 16.0 Å². The number of rotatable bonds is 6. The minimum Gasteiger partial charge on any atom is -0.444 e. The van der Waals surface area contributed by atoms with Gasteiger partial charge in [0.05, 0.1) is 11.4 Å². The number of carbonyl (C=O) groups is 3. The van der Waals surface area contributed by atoms with Gasteiger partial charge in [0.1, 0.15) is 5.60 Å². The van der Waals surface area contributed by atoms with Crippen LogP contribution < -0.4 is 16.0 Å². The van der Waals surface area contributed by atoms with Gasteiger partial charge >= 0.3 is 6.09 Å². The molecule has 0 aliphatic heterocycles. The largest absolute Gasteiger partial charge is 0.444 e. The molecule has 1 saturated carbocycles. The first-order chi connectivity index (χ1) is 13.1. The molecule has 3 amide bonds. The Morgan fingerprint density at radius 2 is 1.86 bits per heavy atom. The van der Waals surface area contributed by atoms with E-state index in [0.717, 1.165) is 30.6 Å². The Morgan fingerprint density at radius 1 is 1.14 bits per heavy atom. The van der Waals surface area contributed by atoms with E-state index >= 15 is 0 Å². The van der Waals surface area contributed by atoms with E-state index in [1.54, 1.807) is 6.07 Å². The summed E-state index contributed by atoms with van der Waals surface area (Å²) in [5.74, 6) is -0.0146. The van der Waals surface area contributed by atoms with Crippen LogP contribution in [0.1, 0.15) is 67.9 Å². The van der Waals surface area contributed by atoms with Gasteiger partial charge < -0.3 is 20.7 Å². The molecule has 3 N–H and O–H groups in total. The maximum atomic E-state index is 12.6. The van der Waals surface area contributed by atoms with Gasteiger partial charge in [-0.05, 0) is 51.7 Å². The molecule has 0 saturated heterocycles. The van der Waals surface area contributed by atoms with Crippen molar-refractivity contribution < 1.29 is 19.1 Å². The van der Waals surface area contributed by atoms with Gasteiger partial charge in [-0.2, -0.15) is 0 Å². The third kappa shape index (κ3) is 7.50. The second-order valence-corrected chi connectivity index (χ2v) is 9.35. The van der Waals surface area contributed by atoms with Gasteiger partial charge in [-0.25, -0.2) is 4.79 Å². The average molecular weight is 410 g/mol. The third-order valence-electron chi connectivity index (χ3n) is 4.53. The first-order valence-corrected chi connectivity index (χ1v) is 10.6. The average Bonchev–Trinajstić information content (AvgIpc) is 3.07. The van der Waals surface area contributed by atoms with Crippen molar-refractivity contribution in [1.29, 1.82) is 0 Å². The van der Waals surface area contributed by atoms with E-state index in [4.69, 9.17) is 4.74 Å². The zero-order valence-electron chi connectivity index (χ0n) is 17.1. The fourth-order valence-electron chi connectivity index (χ4n) is 3.22. The van der Waals surface area contributed by atoms with Crippen LogP contribution in [0.5, 0.6) is 0 Å². The summed E-state index contributed by atoms with van der Waals surface area (Å²) in [6.45, 7) is 7.87. The Labute approximate surface area is 170 Å². The standard InChI is InChI=1S/C20H31N3O4S/c1-13(24)21-12-15-9-10-17(28-15)18(25)23-16-8-6-5-7-14(16)11-22-19(26)27-20(2,3)4/h9-10,14,16H,5-8,11-12H2,1-4H3,(H,21,24)(H,22,26)(H,23,25). The minimum absolute atomic E-state index is 0.0251. The van der Waals surface area contributed by atoms with Crippen LogP contribution in [0.25, 0.3) is 0 Å². The predicted molar refractivity (Wildman–Crippen MR) is 109 cm³/mol. The molecule has 28 heavy (non-hydrogen) atoms. The number of hydrogen-bond donors (Lipinski definition) is 3. The molecule has 0 bridgehead atoms. The molecule has 2 atom stereocenters. The highest BCUT2D eigenvalue weighted by Crippen LogP contribution is 2.25. The second kappa shape index (κ2) is 9.91. The molecule has 0 aromatic carbocycles. The fraction of sp³-hybridized carbons (Fsp3) is 0.650. The summed E-state index contributed by atoms with van der Waals surface area (Å²) in [7, 11) is 0. The number of nitrogens with one attached hydrogen (secondary N) is 3. The number of thiophene rings is 1. The Balaban J connectivity index is 1.88. The fourth-order valence-corrected chi connectivity index (χ4v) is 4.07. The molecular formula is C20H31N3O4S. The normalized spacial score (nSPS) is 19.6. The summed E-state index contributed by atoms with van der Waals surface area (Å²) in [6, 6.07) is 3.67. The van der Waals surface area contributed by atoms with Gasteiger partial charge in [0, 0.05) is 24.4 Å². The van der Waals surface area contributed by atoms with Crippen molar-refractivity contribution in [3.63, 3.8) is 0 Å². The van der Waals surface area contributed by atoms with Crippen LogP contribution in [0.15, 0.2) is 12.1 Å². The first-order valence-electron chi connectivity index (χ1n) is 9.75. The van der Waals surface area contributed by atoms with Gasteiger partial charge in [-0.1, -0.05) is 12.8 Å². The van der Waals surface area contributed by atoms with E-state index in [-0.39, 0.29) is 23.8 Å². The van der Waals surface area contributed by atoms with E-state index in [2.05, 4.69) is 16.0 Å². The molecule has 2 rings (SSSR count). The van der Waals surface area contributed by atoms with Crippen LogP contribution in [0, 0.1) is 5.92 Å². The zero-order chi connectivity index (χ0) is 20.7. The van der Waals surface area contributed by atoms with Crippen LogP contribution >= 0.6 is 11.3 Å². The highest BCUT2D eigenvalue weighted by Gasteiger charge is 2.28. The summed E-state index contributed by atoms with van der Waals surface area (Å²) >= 11 is 1.38. The van der Waals surface area contributed by atoms with Crippen molar-refractivity contribution in [3.8, 4) is 0 Å². The first kappa shape index (κ1) is 22.2. The smallest absolute Gasteiger partial charge is 0.407 e. The Bertz CT molecular complexity index is 696. The van der Waals surface area contributed by atoms with E-state index in [0.29, 0.717) is 18.0 Å². The maximum absolute atomic E-state index is 12.6. The molecule has 8 heteroatoms. The SMILES string of the molecule is CC(=O)NCc1ccc(C(=O)NC2CCCCC2CNC(=O)OC(C)(C)C)s1. The van der Waals surface area contributed by atoms with Gasteiger partial charge in [0.15, 0.2) is 0 Å². The van der Waals surface area contributed by atoms with Crippen molar-refractivity contribution in [3.05, 3.63) is 21.9 Å². The van der Waals surface area contributed by atoms with Crippen molar-refractivity contribution in [2.45, 2.75) is 71.6 Å². The molecular weight excluding hydrogens is 378 g/mol. The van der Waals surface area contributed by atoms with E-state index < -0.39 is 11.7 Å². The molecule has 0 spiro atoms. The van der Waals surface area contributed by atoms with E-state index in [1.165, 1.54) is 18.3 Å². The number of alkyl carbamates (subject to hydrolysis) is 1. The number of hydrogen-bond acceptors (Lipinski definition) is 5. The summed E-state index contributed by atoms with van der Waals surface area (Å²) in [4.78, 5) is 37.1. The second-order valence-electron chi connectivity index (χ2n) is 8.18. The van der Waals surface area contributed by atoms with Crippen LogP contribution in [-0.2, 0) is 16.1 Å². The monoisotopic (exact) mass is 409 g/mol. The van der Waals surface area contributed by atoms with Crippen LogP contribution in [0.2, 0.25) is 0 Å². The summed E-state index contributed by atoms with van der Waals surface area (Å²) in [5, 5.41) is 8.69. The molecule has 2 unspecified atom stereocenters. The summed E-state index contributed by atoms with van der Waals surface area (Å²) in [6.07, 6.45) is 3.58. The van der Waals surface area contributed by atoms with E-state index in [1.807, 2.05) is 26.8 Å². The lowest BCUT2D eigenvalue weighted by Crippen LogP contribution is -2.46. The molecule has 1 aliphatic rings. The van der Waals surface area contributed by atoms with Crippen molar-refractivity contribution in [2.75, 3.05) is 6.54 Å². The van der Waals surface area contributed by atoms with Gasteiger partial charge in [0.2, 0.25) is 5.91 Å². The van der Waals surface area contributed by atoms with Crippen LogP contribution in [0.3, 0.4) is 0 Å². The molecule has 1 aromatic heterocycles. The van der Waals surface area contributed by atoms with Crippen LogP contribution in [0.4, 0.5) is 4.79 Å². The van der Waals surface area contributed by atoms with Gasteiger partial charge in [-0.15, -0.1) is 11.3 Å². The van der Waals surface area contributed by atoms with Gasteiger partial charge in [-0.3, -0.25) is 9.59 Å². The number of carbonyl (C=O) groups excluding carboxylic acids is 3. The summed E-state index contributed by atoms with van der Waals surface area (Å²) in [5.41, 5.74) is -0.529. The molecule has 1 aliphatic carbocycles. The zero-order valence-corrected chi connectivity index (χ0v) is 17.9. The highest BCUT2D eigenvalue weighted by atomic mass is 32.1. The number of ether oxygens (including phenoxy) is 1. The topological polar surface area (TPSA) is 96.5 Å². The highest BCUT2D eigenvalue weighted by molar-refractivity contribution is 7.14. The Morgan fingerprint density at radius 3 is 2.54 bits per heavy atom. The molecule has 1 heterocycles. The number of amides is 3. The maximum Gasteiger partial charge on any atom is 0.407 e. The predicted octanol–water partition coefficient (Wildman–Crippen LogP) is 3.20. The molecule has 1 aromatic rings. The van der Waals surface area contributed by atoms with Crippen molar-refractivity contribution >= 4 is 29.2 Å². The van der Waals surface area contributed by atoms with Gasteiger partial charge in [0.25, 0.3) is 5.91 Å². The lowest BCUT2D eigenvalue weighted by molar-refractivity contribution is -0.119. The van der Waals surface area contributed by atoms with Crippen LogP contribution in [-0.4, -0.2) is 36.1 Å². The third-order valence-corrected chi connectivity index (χ3v) is 5.61. The Hall–Kier alpha value is -2.09. The Kier molecular flexibility index (Phi) is 7.86. The molecule has 156 valence electrons. The molecule has 7 nitrogen and oxygen atoms in total. The van der Waals surface area contributed by atoms with Crippen molar-refractivity contribution in [2.24, 2.45) is 5.92 Å². The van der Waals surface area contributed by atoms with E-state index in [9.17, 15) is 14.4 Å². The summed E-state index contributed by atoms with van der Waals surface area (Å²) < 4.78 is 5.29.